The number of hydrogen-bond donors (Lipinski definition) is 2. The summed E-state index contributed by atoms with van der Waals surface area (Å²) in [5, 5.41) is 13.6. The van der Waals surface area contributed by atoms with Gasteiger partial charge in [0.1, 0.15) is 30.6 Å². The highest BCUT2D eigenvalue weighted by atomic mass is 19.1. The third-order valence-corrected chi connectivity index (χ3v) is 5.56. The lowest BCUT2D eigenvalue weighted by atomic mass is 9.83. The van der Waals surface area contributed by atoms with Gasteiger partial charge < -0.3 is 5.11 Å². The number of rotatable bonds is 5. The highest BCUT2D eigenvalue weighted by Gasteiger charge is 2.41. The van der Waals surface area contributed by atoms with E-state index in [4.69, 9.17) is 4.84 Å². The van der Waals surface area contributed by atoms with Crippen LogP contribution in [-0.4, -0.2) is 44.5 Å². The van der Waals surface area contributed by atoms with E-state index in [9.17, 15) is 14.3 Å². The largest absolute Gasteiger partial charge is 0.396 e. The van der Waals surface area contributed by atoms with Crippen molar-refractivity contribution < 1.29 is 19.1 Å². The van der Waals surface area contributed by atoms with E-state index in [2.05, 4.69) is 20.6 Å². The van der Waals surface area contributed by atoms with E-state index < -0.39 is 12.0 Å². The molecule has 9 heteroatoms. The molecule has 0 saturated heterocycles. The molecule has 2 atom stereocenters. The molecule has 0 aliphatic carbocycles. The summed E-state index contributed by atoms with van der Waals surface area (Å²) in [6.07, 6.45) is 1.36. The number of anilines is 1. The zero-order valence-electron chi connectivity index (χ0n) is 16.5. The second-order valence-corrected chi connectivity index (χ2v) is 7.44. The summed E-state index contributed by atoms with van der Waals surface area (Å²) in [6.45, 7) is 0.516. The number of aliphatic imine (C=N–C) groups is 1. The minimum absolute atomic E-state index is 0.0197. The molecule has 0 amide bonds. The van der Waals surface area contributed by atoms with Gasteiger partial charge in [0.05, 0.1) is 17.3 Å². The molecule has 8 nitrogen and oxygen atoms in total. The van der Waals surface area contributed by atoms with Crippen LogP contribution in [0.2, 0.25) is 0 Å². The molecule has 0 fully saturated rings. The number of hydrogen-bond acceptors (Lipinski definition) is 7. The quantitative estimate of drug-likeness (QED) is 0.657. The maximum atomic E-state index is 13.6. The molecule has 0 radical (unpaired) electrons. The van der Waals surface area contributed by atoms with Crippen LogP contribution in [0.1, 0.15) is 45.8 Å². The Kier molecular flexibility index (Phi) is 5.05. The van der Waals surface area contributed by atoms with Gasteiger partial charge in [-0.05, 0) is 30.2 Å². The van der Waals surface area contributed by atoms with Crippen LogP contribution in [0.15, 0.2) is 53.8 Å². The Labute approximate surface area is 177 Å². The van der Waals surface area contributed by atoms with Crippen LogP contribution in [-0.2, 0) is 11.4 Å². The average molecular weight is 421 g/mol. The molecule has 31 heavy (non-hydrogen) atoms. The van der Waals surface area contributed by atoms with Crippen LogP contribution in [0.4, 0.5) is 10.1 Å². The molecule has 3 heterocycles. The average Bonchev–Trinajstić information content (AvgIpc) is 3.18. The van der Waals surface area contributed by atoms with Crippen molar-refractivity contribution in [2.75, 3.05) is 18.6 Å². The number of aliphatic hydroxyl groups excluding tert-OH is 1. The third-order valence-electron chi connectivity index (χ3n) is 5.56. The van der Waals surface area contributed by atoms with Crippen LogP contribution >= 0.6 is 0 Å². The van der Waals surface area contributed by atoms with Gasteiger partial charge >= 0.3 is 0 Å². The number of halogens is 1. The number of nitrogens with zero attached hydrogens (tertiary/aromatic N) is 4. The van der Waals surface area contributed by atoms with Gasteiger partial charge in [-0.25, -0.2) is 14.1 Å². The molecule has 0 bridgehead atoms. The zero-order chi connectivity index (χ0) is 21.4. The molecular weight excluding hydrogens is 401 g/mol. The predicted molar refractivity (Wildman–Crippen MR) is 110 cm³/mol. The van der Waals surface area contributed by atoms with Gasteiger partial charge in [0.15, 0.2) is 5.78 Å². The summed E-state index contributed by atoms with van der Waals surface area (Å²) >= 11 is 0. The van der Waals surface area contributed by atoms with Crippen molar-refractivity contribution >= 4 is 17.2 Å². The van der Waals surface area contributed by atoms with Crippen molar-refractivity contribution in [2.24, 2.45) is 4.99 Å². The Balaban J connectivity index is 1.70. The van der Waals surface area contributed by atoms with Crippen molar-refractivity contribution in [3.63, 3.8) is 0 Å². The maximum absolute atomic E-state index is 13.6. The number of nitrogens with one attached hydrogen (secondary N) is 1. The van der Waals surface area contributed by atoms with Crippen molar-refractivity contribution in [2.45, 2.75) is 25.0 Å². The van der Waals surface area contributed by atoms with Crippen LogP contribution < -0.4 is 5.48 Å². The second kappa shape index (κ2) is 8.01. The number of carbonyl (C=O) groups excluding carboxylic acids is 1. The van der Waals surface area contributed by atoms with E-state index in [0.29, 0.717) is 41.3 Å². The number of aromatic nitrogens is 3. The van der Waals surface area contributed by atoms with E-state index >= 15 is 0 Å². The number of carbonyl (C=O) groups is 1. The fourth-order valence-electron chi connectivity index (χ4n) is 4.14. The fourth-order valence-corrected chi connectivity index (χ4v) is 4.14. The topological polar surface area (TPSA) is 102 Å². The number of Topliss-reactive ketones (excluding diaryl/α,β-unsaturated/α-hetero) is 1. The van der Waals surface area contributed by atoms with Crippen LogP contribution in [0, 0.1) is 5.82 Å². The SMILES string of the molecule is O=C1CN=C2c3c(cccc31)NOC(c1ccc(F)cc1)C2c1ncnn1CCCO. The van der Waals surface area contributed by atoms with Gasteiger partial charge in [-0.1, -0.05) is 24.3 Å². The van der Waals surface area contributed by atoms with Crippen molar-refractivity contribution in [1.82, 2.24) is 14.8 Å². The zero-order valence-corrected chi connectivity index (χ0v) is 16.5. The molecule has 2 aliphatic heterocycles. The number of aryl methyl sites for hydroxylation is 1. The van der Waals surface area contributed by atoms with Crippen LogP contribution in [0.3, 0.4) is 0 Å². The van der Waals surface area contributed by atoms with Gasteiger partial charge in [0.2, 0.25) is 0 Å². The Hall–Kier alpha value is -3.43. The van der Waals surface area contributed by atoms with Crippen LogP contribution in [0.25, 0.3) is 0 Å². The molecule has 0 saturated carbocycles. The fraction of sp³-hybridized carbons (Fsp3) is 0.273. The number of benzene rings is 2. The lowest BCUT2D eigenvalue weighted by molar-refractivity contribution is 0.0916. The minimum atomic E-state index is -0.607. The lowest BCUT2D eigenvalue weighted by Gasteiger charge is -2.27. The van der Waals surface area contributed by atoms with Gasteiger partial charge in [-0.2, -0.15) is 5.10 Å². The summed E-state index contributed by atoms with van der Waals surface area (Å²) < 4.78 is 15.3. The van der Waals surface area contributed by atoms with Crippen molar-refractivity contribution in [3.05, 3.63) is 77.1 Å². The molecule has 158 valence electrons. The molecule has 2 aromatic carbocycles. The Bertz CT molecular complexity index is 1160. The summed E-state index contributed by atoms with van der Waals surface area (Å²) in [4.78, 5) is 27.8. The highest BCUT2D eigenvalue weighted by molar-refractivity contribution is 6.20. The predicted octanol–water partition coefficient (Wildman–Crippen LogP) is 2.67. The minimum Gasteiger partial charge on any atom is -0.396 e. The van der Waals surface area contributed by atoms with E-state index in [1.54, 1.807) is 28.9 Å². The van der Waals surface area contributed by atoms with E-state index in [1.807, 2.05) is 6.07 Å². The standard InChI is InChI=1S/C22H20FN5O3/c23-14-7-5-13(6-8-14)21-19(22-25-12-26-28(22)9-2-10-29)20-18-15(17(30)11-24-20)3-1-4-16(18)27-31-21/h1,3-8,12,19,21,27,29H,2,9-11H2. The first kappa shape index (κ1) is 19.5. The first-order chi connectivity index (χ1) is 15.2. The highest BCUT2D eigenvalue weighted by Crippen LogP contribution is 2.42. The molecule has 2 unspecified atom stereocenters. The second-order valence-electron chi connectivity index (χ2n) is 7.44. The molecule has 1 aromatic heterocycles. The molecule has 3 aromatic rings. The number of ketones is 1. The molecular formula is C22H20FN5O3. The van der Waals surface area contributed by atoms with Gasteiger partial charge in [-0.15, -0.1) is 0 Å². The molecule has 0 spiro atoms. The van der Waals surface area contributed by atoms with Gasteiger partial charge in [-0.3, -0.25) is 20.1 Å². The molecule has 2 N–H and O–H groups in total. The summed E-state index contributed by atoms with van der Waals surface area (Å²) in [5.41, 5.74) is 6.27. The first-order valence-electron chi connectivity index (χ1n) is 10.0. The summed E-state index contributed by atoms with van der Waals surface area (Å²) in [5.74, 6) is -0.322. The van der Waals surface area contributed by atoms with Gasteiger partial charge in [0, 0.05) is 24.3 Å². The van der Waals surface area contributed by atoms with E-state index in [0.717, 1.165) is 5.56 Å². The van der Waals surface area contributed by atoms with Crippen LogP contribution in [0.5, 0.6) is 0 Å². The maximum Gasteiger partial charge on any atom is 0.184 e. The van der Waals surface area contributed by atoms with E-state index in [1.165, 1.54) is 18.5 Å². The Morgan fingerprint density at radius 2 is 2.06 bits per heavy atom. The van der Waals surface area contributed by atoms with Gasteiger partial charge in [0.25, 0.3) is 0 Å². The smallest absolute Gasteiger partial charge is 0.184 e. The summed E-state index contributed by atoms with van der Waals surface area (Å²) in [6, 6.07) is 11.5. The molecule has 5 rings (SSSR count). The molecule has 2 aliphatic rings. The van der Waals surface area contributed by atoms with Crippen molar-refractivity contribution in [1.29, 1.82) is 0 Å². The van der Waals surface area contributed by atoms with Crippen molar-refractivity contribution in [3.8, 4) is 0 Å². The normalized spacial score (nSPS) is 19.9. The number of aliphatic hydroxyl groups is 1. The van der Waals surface area contributed by atoms with E-state index in [-0.39, 0.29) is 24.8 Å². The summed E-state index contributed by atoms with van der Waals surface area (Å²) in [7, 11) is 0. The Morgan fingerprint density at radius 3 is 2.87 bits per heavy atom. The lowest BCUT2D eigenvalue weighted by Crippen LogP contribution is -2.29. The Morgan fingerprint density at radius 1 is 1.23 bits per heavy atom. The third kappa shape index (κ3) is 3.41. The first-order valence-corrected chi connectivity index (χ1v) is 10.0. The monoisotopic (exact) mass is 421 g/mol.